The lowest BCUT2D eigenvalue weighted by Gasteiger charge is -2.14. The van der Waals surface area contributed by atoms with E-state index in [0.29, 0.717) is 17.9 Å². The molecule has 7 heteroatoms. The second-order valence-corrected chi connectivity index (χ2v) is 5.56. The number of sulfonamides is 1. The van der Waals surface area contributed by atoms with Crippen molar-refractivity contribution in [2.24, 2.45) is 5.73 Å². The van der Waals surface area contributed by atoms with Crippen molar-refractivity contribution in [2.75, 3.05) is 20.7 Å². The number of hydrogen-bond donors (Lipinski definition) is 2. The predicted molar refractivity (Wildman–Crippen MR) is 69.5 cm³/mol. The van der Waals surface area contributed by atoms with Crippen molar-refractivity contribution in [3.63, 3.8) is 0 Å². The zero-order valence-electron chi connectivity index (χ0n) is 10.8. The molecular formula is C11H19N3O3S. The Kier molecular flexibility index (Phi) is 5.09. The predicted octanol–water partition coefficient (Wildman–Crippen LogP) is 0.299. The largest absolute Gasteiger partial charge is 0.494 e. The molecule has 0 saturated carbocycles. The standard InChI is InChI=1S/C11H19N3O3S/c1-4-17-11-6-5-10(7-9(11)8-12)18(15,16)13-14(2)3/h5-7,13H,4,8,12H2,1-3H3. The summed E-state index contributed by atoms with van der Waals surface area (Å²) in [5.41, 5.74) is 6.25. The van der Waals surface area contributed by atoms with Crippen LogP contribution < -0.4 is 15.3 Å². The van der Waals surface area contributed by atoms with Gasteiger partial charge < -0.3 is 10.5 Å². The van der Waals surface area contributed by atoms with Crippen LogP contribution in [0, 0.1) is 0 Å². The Bertz CT molecular complexity index is 500. The van der Waals surface area contributed by atoms with E-state index < -0.39 is 10.0 Å². The Morgan fingerprint density at radius 3 is 2.56 bits per heavy atom. The summed E-state index contributed by atoms with van der Waals surface area (Å²) in [6, 6.07) is 4.64. The van der Waals surface area contributed by atoms with Crippen molar-refractivity contribution in [1.82, 2.24) is 9.84 Å². The quantitative estimate of drug-likeness (QED) is 0.728. The zero-order chi connectivity index (χ0) is 13.8. The maximum Gasteiger partial charge on any atom is 0.253 e. The number of nitrogens with one attached hydrogen (secondary N) is 1. The number of rotatable bonds is 6. The molecule has 6 nitrogen and oxygen atoms in total. The number of hydrogen-bond acceptors (Lipinski definition) is 5. The minimum atomic E-state index is -3.56. The first kappa shape index (κ1) is 14.9. The van der Waals surface area contributed by atoms with Crippen molar-refractivity contribution in [3.8, 4) is 5.75 Å². The first-order valence-electron chi connectivity index (χ1n) is 5.56. The van der Waals surface area contributed by atoms with Crippen LogP contribution in [-0.4, -0.2) is 34.1 Å². The molecular weight excluding hydrogens is 254 g/mol. The molecule has 0 aromatic heterocycles. The second-order valence-electron chi connectivity index (χ2n) is 3.90. The summed E-state index contributed by atoms with van der Waals surface area (Å²) in [4.78, 5) is 2.53. The average Bonchev–Trinajstić information content (AvgIpc) is 2.28. The van der Waals surface area contributed by atoms with Crippen LogP contribution in [0.2, 0.25) is 0 Å². The monoisotopic (exact) mass is 273 g/mol. The molecule has 18 heavy (non-hydrogen) atoms. The van der Waals surface area contributed by atoms with Gasteiger partial charge in [0.15, 0.2) is 0 Å². The van der Waals surface area contributed by atoms with Crippen molar-refractivity contribution < 1.29 is 13.2 Å². The fourth-order valence-corrected chi connectivity index (χ4v) is 2.60. The number of nitrogens with zero attached hydrogens (tertiary/aromatic N) is 1. The van der Waals surface area contributed by atoms with E-state index in [1.54, 1.807) is 20.2 Å². The van der Waals surface area contributed by atoms with Crippen LogP contribution in [-0.2, 0) is 16.6 Å². The molecule has 1 rings (SSSR count). The molecule has 102 valence electrons. The van der Waals surface area contributed by atoms with Gasteiger partial charge in [-0.15, -0.1) is 4.83 Å². The van der Waals surface area contributed by atoms with Crippen molar-refractivity contribution >= 4 is 10.0 Å². The van der Waals surface area contributed by atoms with E-state index in [1.807, 2.05) is 6.92 Å². The van der Waals surface area contributed by atoms with Gasteiger partial charge in [-0.25, -0.2) is 13.4 Å². The highest BCUT2D eigenvalue weighted by molar-refractivity contribution is 7.89. The highest BCUT2D eigenvalue weighted by Gasteiger charge is 2.16. The molecule has 0 unspecified atom stereocenters. The molecule has 3 N–H and O–H groups in total. The fraction of sp³-hybridized carbons (Fsp3) is 0.455. The highest BCUT2D eigenvalue weighted by Crippen LogP contribution is 2.22. The first-order chi connectivity index (χ1) is 8.40. The van der Waals surface area contributed by atoms with Crippen molar-refractivity contribution in [3.05, 3.63) is 23.8 Å². The smallest absolute Gasteiger partial charge is 0.253 e. The topological polar surface area (TPSA) is 84.7 Å². The molecule has 0 saturated heterocycles. The van der Waals surface area contributed by atoms with Crippen LogP contribution in [0.15, 0.2) is 23.1 Å². The molecule has 0 spiro atoms. The maximum absolute atomic E-state index is 11.9. The maximum atomic E-state index is 11.9. The van der Waals surface area contributed by atoms with Crippen LogP contribution in [0.3, 0.4) is 0 Å². The third-order valence-corrected chi connectivity index (χ3v) is 3.64. The van der Waals surface area contributed by atoms with Gasteiger partial charge in [0.05, 0.1) is 11.5 Å². The van der Waals surface area contributed by atoms with E-state index in [9.17, 15) is 8.42 Å². The summed E-state index contributed by atoms with van der Waals surface area (Å²) in [5.74, 6) is 0.615. The SMILES string of the molecule is CCOc1ccc(S(=O)(=O)NN(C)C)cc1CN. The fourth-order valence-electron chi connectivity index (χ4n) is 1.47. The number of hydrazine groups is 1. The molecule has 0 amide bonds. The molecule has 1 aromatic rings. The summed E-state index contributed by atoms with van der Waals surface area (Å²) < 4.78 is 29.3. The number of ether oxygens (including phenoxy) is 1. The lowest BCUT2D eigenvalue weighted by molar-refractivity contribution is 0.336. The summed E-state index contributed by atoms with van der Waals surface area (Å²) in [5, 5.41) is 1.37. The molecule has 0 aliphatic heterocycles. The van der Waals surface area contributed by atoms with E-state index in [-0.39, 0.29) is 11.4 Å². The van der Waals surface area contributed by atoms with E-state index in [0.717, 1.165) is 0 Å². The summed E-state index contributed by atoms with van der Waals surface area (Å²) in [6.45, 7) is 2.59. The normalized spacial score (nSPS) is 11.8. The van der Waals surface area contributed by atoms with Crippen LogP contribution in [0.1, 0.15) is 12.5 Å². The van der Waals surface area contributed by atoms with Gasteiger partial charge in [0.2, 0.25) is 0 Å². The van der Waals surface area contributed by atoms with Crippen LogP contribution in [0.25, 0.3) is 0 Å². The van der Waals surface area contributed by atoms with E-state index in [1.165, 1.54) is 17.1 Å². The Morgan fingerprint density at radius 2 is 2.06 bits per heavy atom. The van der Waals surface area contributed by atoms with Gasteiger partial charge in [0.1, 0.15) is 5.75 Å². The molecule has 0 heterocycles. The molecule has 0 radical (unpaired) electrons. The van der Waals surface area contributed by atoms with E-state index in [4.69, 9.17) is 10.5 Å². The van der Waals surface area contributed by atoms with E-state index >= 15 is 0 Å². The van der Waals surface area contributed by atoms with Crippen molar-refractivity contribution in [2.45, 2.75) is 18.4 Å². The lowest BCUT2D eigenvalue weighted by atomic mass is 10.2. The third-order valence-electron chi connectivity index (χ3n) is 2.16. The Hall–Kier alpha value is -1.15. The van der Waals surface area contributed by atoms with Gasteiger partial charge in [-0.1, -0.05) is 0 Å². The van der Waals surface area contributed by atoms with Gasteiger partial charge in [-0.05, 0) is 25.1 Å². The van der Waals surface area contributed by atoms with Gasteiger partial charge in [0.25, 0.3) is 10.0 Å². The van der Waals surface area contributed by atoms with Gasteiger partial charge >= 0.3 is 0 Å². The third kappa shape index (κ3) is 3.67. The minimum absolute atomic E-state index is 0.167. The van der Waals surface area contributed by atoms with Gasteiger partial charge in [-0.3, -0.25) is 0 Å². The van der Waals surface area contributed by atoms with E-state index in [2.05, 4.69) is 4.83 Å². The molecule has 0 aliphatic rings. The average molecular weight is 273 g/mol. The zero-order valence-corrected chi connectivity index (χ0v) is 11.6. The lowest BCUT2D eigenvalue weighted by Crippen LogP contribution is -2.36. The molecule has 0 bridgehead atoms. The first-order valence-corrected chi connectivity index (χ1v) is 7.04. The van der Waals surface area contributed by atoms with Crippen LogP contribution >= 0.6 is 0 Å². The number of nitrogens with two attached hydrogens (primary N) is 1. The molecule has 0 atom stereocenters. The summed E-state index contributed by atoms with van der Waals surface area (Å²) in [6.07, 6.45) is 0. The van der Waals surface area contributed by atoms with Gasteiger partial charge in [0, 0.05) is 26.2 Å². The van der Waals surface area contributed by atoms with Gasteiger partial charge in [-0.2, -0.15) is 0 Å². The minimum Gasteiger partial charge on any atom is -0.494 e. The highest BCUT2D eigenvalue weighted by atomic mass is 32.2. The number of benzene rings is 1. The second kappa shape index (κ2) is 6.14. The summed E-state index contributed by atoms with van der Waals surface area (Å²) >= 11 is 0. The van der Waals surface area contributed by atoms with Crippen LogP contribution in [0.4, 0.5) is 0 Å². The summed E-state index contributed by atoms with van der Waals surface area (Å²) in [7, 11) is -0.345. The molecule has 0 fully saturated rings. The van der Waals surface area contributed by atoms with Crippen LogP contribution in [0.5, 0.6) is 5.75 Å². The Morgan fingerprint density at radius 1 is 1.39 bits per heavy atom. The van der Waals surface area contributed by atoms with Crippen molar-refractivity contribution in [1.29, 1.82) is 0 Å². The Labute approximate surface area is 108 Å². The molecule has 1 aromatic carbocycles. The Balaban J connectivity index is 3.12. The molecule has 0 aliphatic carbocycles.